The van der Waals surface area contributed by atoms with Crippen LogP contribution in [0, 0.1) is 11.3 Å². The van der Waals surface area contributed by atoms with Crippen molar-refractivity contribution in [1.82, 2.24) is 0 Å². The zero-order valence-corrected chi connectivity index (χ0v) is 10.9. The molecule has 18 heavy (non-hydrogen) atoms. The molecule has 0 atom stereocenters. The molecule has 0 spiro atoms. The molecule has 0 aromatic heterocycles. The number of benzene rings is 2. The summed E-state index contributed by atoms with van der Waals surface area (Å²) in [7, 11) is 0. The molecule has 0 radical (unpaired) electrons. The molecule has 0 heterocycles. The molecule has 0 amide bonds. The maximum atomic E-state index is 9.20. The van der Waals surface area contributed by atoms with Crippen molar-refractivity contribution in [2.75, 3.05) is 11.4 Å². The first kappa shape index (κ1) is 12.5. The molecule has 0 aliphatic rings. The number of anilines is 2. The molecule has 0 aliphatic carbocycles. The van der Waals surface area contributed by atoms with E-state index >= 15 is 0 Å². The zero-order valence-electron chi connectivity index (χ0n) is 10.1. The van der Waals surface area contributed by atoms with Crippen LogP contribution in [0.15, 0.2) is 48.5 Å². The standard InChI is InChI=1S/C15H13ClN2/c1-2-18(14-6-4-3-5-7-14)15-9-8-13(16)10-12(15)11-17/h3-10H,2H2,1H3. The van der Waals surface area contributed by atoms with Crippen molar-refractivity contribution in [3.63, 3.8) is 0 Å². The van der Waals surface area contributed by atoms with Crippen molar-refractivity contribution in [1.29, 1.82) is 5.26 Å². The van der Waals surface area contributed by atoms with E-state index in [1.165, 1.54) is 0 Å². The highest BCUT2D eigenvalue weighted by Gasteiger charge is 2.11. The Morgan fingerprint density at radius 2 is 1.89 bits per heavy atom. The van der Waals surface area contributed by atoms with Crippen LogP contribution >= 0.6 is 11.6 Å². The second-order valence-corrected chi connectivity index (χ2v) is 4.29. The topological polar surface area (TPSA) is 27.0 Å². The number of hydrogen-bond acceptors (Lipinski definition) is 2. The minimum absolute atomic E-state index is 0.583. The van der Waals surface area contributed by atoms with Crippen LogP contribution < -0.4 is 4.90 Å². The summed E-state index contributed by atoms with van der Waals surface area (Å²) in [4.78, 5) is 2.09. The Bertz CT molecular complexity index is 573. The monoisotopic (exact) mass is 256 g/mol. The summed E-state index contributed by atoms with van der Waals surface area (Å²) in [5.41, 5.74) is 2.54. The van der Waals surface area contributed by atoms with Crippen molar-refractivity contribution < 1.29 is 0 Å². The molecule has 2 rings (SSSR count). The molecule has 0 unspecified atom stereocenters. The van der Waals surface area contributed by atoms with E-state index < -0.39 is 0 Å². The van der Waals surface area contributed by atoms with E-state index in [2.05, 4.69) is 17.9 Å². The lowest BCUT2D eigenvalue weighted by molar-refractivity contribution is 1.02. The Balaban J connectivity index is 2.49. The average Bonchev–Trinajstić information content (AvgIpc) is 2.42. The van der Waals surface area contributed by atoms with Crippen molar-refractivity contribution in [2.45, 2.75) is 6.92 Å². The quantitative estimate of drug-likeness (QED) is 0.815. The lowest BCUT2D eigenvalue weighted by Gasteiger charge is -2.24. The van der Waals surface area contributed by atoms with E-state index in [1.54, 1.807) is 6.07 Å². The molecule has 90 valence electrons. The van der Waals surface area contributed by atoms with Gasteiger partial charge in [0, 0.05) is 17.3 Å². The third-order valence-corrected chi connectivity index (χ3v) is 2.99. The molecule has 2 nitrogen and oxygen atoms in total. The summed E-state index contributed by atoms with van der Waals surface area (Å²) in [5.74, 6) is 0. The Morgan fingerprint density at radius 3 is 2.50 bits per heavy atom. The Hall–Kier alpha value is -1.98. The maximum Gasteiger partial charge on any atom is 0.101 e. The molecule has 2 aromatic carbocycles. The van der Waals surface area contributed by atoms with Gasteiger partial charge in [-0.25, -0.2) is 0 Å². The molecular formula is C15H13ClN2. The third-order valence-electron chi connectivity index (χ3n) is 2.75. The fraction of sp³-hybridized carbons (Fsp3) is 0.133. The Kier molecular flexibility index (Phi) is 3.86. The van der Waals surface area contributed by atoms with E-state index in [0.717, 1.165) is 17.9 Å². The smallest absolute Gasteiger partial charge is 0.101 e. The van der Waals surface area contributed by atoms with Crippen LogP contribution in [0.4, 0.5) is 11.4 Å². The van der Waals surface area contributed by atoms with Gasteiger partial charge in [0.2, 0.25) is 0 Å². The van der Waals surface area contributed by atoms with Gasteiger partial charge in [-0.2, -0.15) is 5.26 Å². The third kappa shape index (κ3) is 2.47. The van der Waals surface area contributed by atoms with E-state index in [0.29, 0.717) is 10.6 Å². The van der Waals surface area contributed by atoms with Crippen LogP contribution in [0.5, 0.6) is 0 Å². The Morgan fingerprint density at radius 1 is 1.17 bits per heavy atom. The van der Waals surface area contributed by atoms with E-state index in [4.69, 9.17) is 11.6 Å². The van der Waals surface area contributed by atoms with E-state index in [1.807, 2.05) is 42.5 Å². The first-order valence-corrected chi connectivity index (χ1v) is 6.16. The first-order valence-electron chi connectivity index (χ1n) is 5.78. The van der Waals surface area contributed by atoms with Gasteiger partial charge in [0.1, 0.15) is 6.07 Å². The molecular weight excluding hydrogens is 244 g/mol. The highest BCUT2D eigenvalue weighted by molar-refractivity contribution is 6.30. The summed E-state index contributed by atoms with van der Waals surface area (Å²) in [6.07, 6.45) is 0. The van der Waals surface area contributed by atoms with Gasteiger partial charge in [-0.3, -0.25) is 0 Å². The van der Waals surface area contributed by atoms with Crippen LogP contribution in [0.25, 0.3) is 0 Å². The maximum absolute atomic E-state index is 9.20. The van der Waals surface area contributed by atoms with Gasteiger partial charge in [-0.15, -0.1) is 0 Å². The van der Waals surface area contributed by atoms with Gasteiger partial charge in [-0.1, -0.05) is 29.8 Å². The van der Waals surface area contributed by atoms with Crippen LogP contribution in [0.3, 0.4) is 0 Å². The zero-order chi connectivity index (χ0) is 13.0. The molecule has 0 saturated heterocycles. The number of nitriles is 1. The normalized spacial score (nSPS) is 9.83. The van der Waals surface area contributed by atoms with Gasteiger partial charge in [-0.05, 0) is 37.3 Å². The molecule has 0 N–H and O–H groups in total. The van der Waals surface area contributed by atoms with Gasteiger partial charge >= 0.3 is 0 Å². The minimum atomic E-state index is 0.583. The van der Waals surface area contributed by atoms with Crippen LogP contribution in [-0.4, -0.2) is 6.54 Å². The molecule has 2 aromatic rings. The highest BCUT2D eigenvalue weighted by Crippen LogP contribution is 2.29. The van der Waals surface area contributed by atoms with Gasteiger partial charge in [0.25, 0.3) is 0 Å². The molecule has 0 saturated carbocycles. The molecule has 0 bridgehead atoms. The summed E-state index contributed by atoms with van der Waals surface area (Å²) >= 11 is 5.92. The lowest BCUT2D eigenvalue weighted by atomic mass is 10.1. The molecule has 0 fully saturated rings. The summed E-state index contributed by atoms with van der Waals surface area (Å²) in [6.45, 7) is 2.85. The number of para-hydroxylation sites is 1. The number of halogens is 1. The van der Waals surface area contributed by atoms with Crippen molar-refractivity contribution in [3.8, 4) is 6.07 Å². The highest BCUT2D eigenvalue weighted by atomic mass is 35.5. The van der Waals surface area contributed by atoms with Gasteiger partial charge < -0.3 is 4.90 Å². The van der Waals surface area contributed by atoms with Crippen LogP contribution in [0.2, 0.25) is 5.02 Å². The summed E-state index contributed by atoms with van der Waals surface area (Å²) in [6, 6.07) is 17.6. The fourth-order valence-corrected chi connectivity index (χ4v) is 2.11. The van der Waals surface area contributed by atoms with Crippen molar-refractivity contribution in [3.05, 3.63) is 59.1 Å². The predicted octanol–water partition coefficient (Wildman–Crippen LogP) is 4.37. The van der Waals surface area contributed by atoms with Crippen molar-refractivity contribution in [2.24, 2.45) is 0 Å². The minimum Gasteiger partial charge on any atom is -0.341 e. The summed E-state index contributed by atoms with van der Waals surface area (Å²) < 4.78 is 0. The summed E-state index contributed by atoms with van der Waals surface area (Å²) in [5, 5.41) is 9.78. The SMILES string of the molecule is CCN(c1ccccc1)c1ccc(Cl)cc1C#N. The van der Waals surface area contributed by atoms with Crippen LogP contribution in [0.1, 0.15) is 12.5 Å². The van der Waals surface area contributed by atoms with E-state index in [9.17, 15) is 5.26 Å². The average molecular weight is 257 g/mol. The largest absolute Gasteiger partial charge is 0.341 e. The molecule has 0 aliphatic heterocycles. The first-order chi connectivity index (χ1) is 8.76. The van der Waals surface area contributed by atoms with Gasteiger partial charge in [0.15, 0.2) is 0 Å². The number of nitrogens with zero attached hydrogens (tertiary/aromatic N) is 2. The Labute approximate surface area is 112 Å². The molecule has 3 heteroatoms. The number of rotatable bonds is 3. The second-order valence-electron chi connectivity index (χ2n) is 3.85. The number of hydrogen-bond donors (Lipinski definition) is 0. The fourth-order valence-electron chi connectivity index (χ4n) is 1.93. The second kappa shape index (κ2) is 5.57. The van der Waals surface area contributed by atoms with E-state index in [-0.39, 0.29) is 0 Å². The van der Waals surface area contributed by atoms with Crippen LogP contribution in [-0.2, 0) is 0 Å². The van der Waals surface area contributed by atoms with Crippen molar-refractivity contribution >= 4 is 23.0 Å². The van der Waals surface area contributed by atoms with Gasteiger partial charge in [0.05, 0.1) is 11.3 Å². The lowest BCUT2D eigenvalue weighted by Crippen LogP contribution is -2.17. The predicted molar refractivity (Wildman–Crippen MR) is 75.3 cm³/mol.